The van der Waals surface area contributed by atoms with Crippen molar-refractivity contribution in [1.82, 2.24) is 9.97 Å². The van der Waals surface area contributed by atoms with Gasteiger partial charge in [-0.3, -0.25) is 9.59 Å². The first-order valence-electron chi connectivity index (χ1n) is 9.69. The van der Waals surface area contributed by atoms with Gasteiger partial charge in [-0.15, -0.1) is 0 Å². The minimum absolute atomic E-state index is 0.0729. The van der Waals surface area contributed by atoms with Gasteiger partial charge in [-0.25, -0.2) is 4.79 Å². The molecule has 0 unspecified atom stereocenters. The summed E-state index contributed by atoms with van der Waals surface area (Å²) in [7, 11) is 0. The number of H-pyrrole nitrogens is 2. The van der Waals surface area contributed by atoms with Crippen LogP contribution in [0.25, 0.3) is 0 Å². The average molecular weight is 449 g/mol. The summed E-state index contributed by atoms with van der Waals surface area (Å²) in [5, 5.41) is 8.99. The maximum Gasteiger partial charge on any atom is 0.352 e. The summed E-state index contributed by atoms with van der Waals surface area (Å²) in [6.07, 6.45) is 6.83. The predicted octanol–water partition coefficient (Wildman–Crippen LogP) is 4.93. The number of ketones is 2. The van der Waals surface area contributed by atoms with E-state index in [1.807, 2.05) is 6.92 Å². The summed E-state index contributed by atoms with van der Waals surface area (Å²) in [6.45, 7) is 3.72. The van der Waals surface area contributed by atoms with Gasteiger partial charge >= 0.3 is 5.97 Å². The van der Waals surface area contributed by atoms with Crippen molar-refractivity contribution in [2.45, 2.75) is 65.2 Å². The number of nitrogens with one attached hydrogen (secondary N) is 2. The molecule has 0 amide bonds. The number of Topliss-reactive ketones (excluding diaryl/α,β-unsaturated/α-hetero) is 2. The van der Waals surface area contributed by atoms with Gasteiger partial charge in [0.2, 0.25) is 0 Å². The lowest BCUT2D eigenvalue weighted by atomic mass is 10.0. The molecule has 2 aromatic rings. The number of carboxylic acid groups (broad SMARTS) is 1. The zero-order valence-electron chi connectivity index (χ0n) is 16.2. The average Bonchev–Trinajstić information content (AvgIpc) is 2.92. The molecule has 0 aromatic carbocycles. The Morgan fingerprint density at radius 1 is 0.821 bits per heavy atom. The molecule has 0 spiro atoms. The highest BCUT2D eigenvalue weighted by Gasteiger charge is 2.25. The minimum atomic E-state index is -0.978. The summed E-state index contributed by atoms with van der Waals surface area (Å²) in [5.74, 6) is -0.607. The molecule has 0 bridgehead atoms. The van der Waals surface area contributed by atoms with E-state index in [0.717, 1.165) is 48.0 Å². The van der Waals surface area contributed by atoms with E-state index in [0.29, 0.717) is 41.9 Å². The fourth-order valence-electron chi connectivity index (χ4n) is 4.16. The van der Waals surface area contributed by atoms with Crippen molar-refractivity contribution in [3.8, 4) is 0 Å². The standard InChI is InChI=1S/C11H13NO3.C10H12BrNO/c1-6-9-7(10(12-6)11(14)15)4-2-3-5-8(9)13;1-6-9-7(10(11)12-6)4-2-3-5-8(9)13/h12H,2-5H2,1H3,(H,14,15);12H,2-5H2,1H3. The molecule has 2 aliphatic carbocycles. The third kappa shape index (κ3) is 3.99. The third-order valence-electron chi connectivity index (χ3n) is 5.46. The van der Waals surface area contributed by atoms with Gasteiger partial charge in [0.1, 0.15) is 5.69 Å². The van der Waals surface area contributed by atoms with Crippen LogP contribution in [0, 0.1) is 13.8 Å². The van der Waals surface area contributed by atoms with Crippen molar-refractivity contribution < 1.29 is 19.5 Å². The quantitative estimate of drug-likeness (QED) is 0.538. The highest BCUT2D eigenvalue weighted by Crippen LogP contribution is 2.29. The first-order valence-corrected chi connectivity index (χ1v) is 10.5. The molecule has 0 radical (unpaired) electrons. The van der Waals surface area contributed by atoms with Crippen LogP contribution in [0.3, 0.4) is 0 Å². The number of halogens is 1. The van der Waals surface area contributed by atoms with Gasteiger partial charge < -0.3 is 15.1 Å². The first kappa shape index (κ1) is 20.6. The highest BCUT2D eigenvalue weighted by atomic mass is 79.9. The van der Waals surface area contributed by atoms with E-state index in [-0.39, 0.29) is 11.5 Å². The lowest BCUT2D eigenvalue weighted by molar-refractivity contribution is 0.0689. The van der Waals surface area contributed by atoms with Crippen LogP contribution in [0.4, 0.5) is 0 Å². The second kappa shape index (κ2) is 8.47. The van der Waals surface area contributed by atoms with E-state index in [1.54, 1.807) is 6.92 Å². The Hall–Kier alpha value is -2.15. The van der Waals surface area contributed by atoms with E-state index in [4.69, 9.17) is 5.11 Å². The van der Waals surface area contributed by atoms with Crippen molar-refractivity contribution in [1.29, 1.82) is 0 Å². The fourth-order valence-corrected chi connectivity index (χ4v) is 4.86. The topological polar surface area (TPSA) is 103 Å². The molecule has 0 atom stereocenters. The molecule has 4 rings (SSSR count). The SMILES string of the molecule is Cc1[nH]c(Br)c2c1C(=O)CCCC2.Cc1[nH]c(C(=O)O)c2c1C(=O)CCCC2. The van der Waals surface area contributed by atoms with Crippen molar-refractivity contribution in [3.05, 3.63) is 43.9 Å². The van der Waals surface area contributed by atoms with Crippen LogP contribution in [-0.4, -0.2) is 32.6 Å². The molecule has 2 heterocycles. The smallest absolute Gasteiger partial charge is 0.352 e. The second-order valence-electron chi connectivity index (χ2n) is 7.46. The van der Waals surface area contributed by atoms with Crippen molar-refractivity contribution >= 4 is 33.5 Å². The monoisotopic (exact) mass is 448 g/mol. The molecule has 0 saturated carbocycles. The van der Waals surface area contributed by atoms with E-state index in [9.17, 15) is 14.4 Å². The summed E-state index contributed by atoms with van der Waals surface area (Å²) in [4.78, 5) is 40.4. The van der Waals surface area contributed by atoms with Crippen LogP contribution in [-0.2, 0) is 12.8 Å². The lowest BCUT2D eigenvalue weighted by Gasteiger charge is -1.98. The number of hydrogen-bond acceptors (Lipinski definition) is 3. The Morgan fingerprint density at radius 2 is 1.29 bits per heavy atom. The van der Waals surface area contributed by atoms with Crippen molar-refractivity contribution in [3.63, 3.8) is 0 Å². The zero-order chi connectivity index (χ0) is 20.4. The Labute approximate surface area is 172 Å². The van der Waals surface area contributed by atoms with Crippen LogP contribution in [0.1, 0.15) is 92.2 Å². The van der Waals surface area contributed by atoms with Crippen LogP contribution in [0.5, 0.6) is 0 Å². The van der Waals surface area contributed by atoms with E-state index in [2.05, 4.69) is 25.9 Å². The molecule has 0 saturated heterocycles. The van der Waals surface area contributed by atoms with Crippen molar-refractivity contribution in [2.75, 3.05) is 0 Å². The number of aryl methyl sites for hydroxylation is 2. The lowest BCUT2D eigenvalue weighted by Crippen LogP contribution is -2.03. The summed E-state index contributed by atoms with van der Waals surface area (Å²) >= 11 is 3.46. The Bertz CT molecular complexity index is 939. The molecule has 0 aliphatic heterocycles. The van der Waals surface area contributed by atoms with Gasteiger partial charge in [0.05, 0.1) is 4.60 Å². The molecule has 0 fully saturated rings. The molecular weight excluding hydrogens is 424 g/mol. The molecule has 28 heavy (non-hydrogen) atoms. The van der Waals surface area contributed by atoms with Gasteiger partial charge in [-0.2, -0.15) is 0 Å². The van der Waals surface area contributed by atoms with Gasteiger partial charge in [-0.05, 0) is 79.4 Å². The number of carboxylic acids is 1. The summed E-state index contributed by atoms with van der Waals surface area (Å²) in [6, 6.07) is 0. The summed E-state index contributed by atoms with van der Waals surface area (Å²) in [5.41, 5.74) is 5.32. The maximum atomic E-state index is 11.7. The second-order valence-corrected chi connectivity index (χ2v) is 8.25. The largest absolute Gasteiger partial charge is 0.477 e. The van der Waals surface area contributed by atoms with Crippen LogP contribution in [0.15, 0.2) is 4.60 Å². The van der Waals surface area contributed by atoms with Crippen molar-refractivity contribution in [2.24, 2.45) is 0 Å². The fraction of sp³-hybridized carbons (Fsp3) is 0.476. The number of carbonyl (C=O) groups is 3. The van der Waals surface area contributed by atoms with Gasteiger partial charge in [-0.1, -0.05) is 0 Å². The van der Waals surface area contributed by atoms with Gasteiger partial charge in [0.15, 0.2) is 11.6 Å². The van der Waals surface area contributed by atoms with Crippen LogP contribution >= 0.6 is 15.9 Å². The number of hydrogen-bond donors (Lipinski definition) is 3. The molecule has 7 heteroatoms. The van der Waals surface area contributed by atoms with E-state index in [1.165, 1.54) is 5.56 Å². The number of aromatic nitrogens is 2. The number of fused-ring (bicyclic) bond motifs is 2. The first-order chi connectivity index (χ1) is 13.3. The molecular formula is C21H25BrN2O4. The maximum absolute atomic E-state index is 11.7. The molecule has 150 valence electrons. The Balaban J connectivity index is 0.000000162. The minimum Gasteiger partial charge on any atom is -0.477 e. The Kier molecular flexibility index (Phi) is 6.23. The number of aromatic carboxylic acids is 1. The van der Waals surface area contributed by atoms with Gasteiger partial charge in [0.25, 0.3) is 0 Å². The van der Waals surface area contributed by atoms with E-state index < -0.39 is 5.97 Å². The van der Waals surface area contributed by atoms with Gasteiger partial charge in [0, 0.05) is 35.4 Å². The molecule has 2 aromatic heterocycles. The molecule has 6 nitrogen and oxygen atoms in total. The van der Waals surface area contributed by atoms with Crippen LogP contribution in [0.2, 0.25) is 0 Å². The number of aromatic amines is 2. The van der Waals surface area contributed by atoms with E-state index >= 15 is 0 Å². The summed E-state index contributed by atoms with van der Waals surface area (Å²) < 4.78 is 0.996. The number of carbonyl (C=O) groups excluding carboxylic acids is 2. The molecule has 2 aliphatic rings. The molecule has 3 N–H and O–H groups in total. The third-order valence-corrected chi connectivity index (χ3v) is 6.14. The zero-order valence-corrected chi connectivity index (χ0v) is 17.8. The predicted molar refractivity (Wildman–Crippen MR) is 109 cm³/mol. The Morgan fingerprint density at radius 3 is 1.86 bits per heavy atom. The van der Waals surface area contributed by atoms with Crippen LogP contribution < -0.4 is 0 Å². The normalized spacial score (nSPS) is 16.4. The highest BCUT2D eigenvalue weighted by molar-refractivity contribution is 9.10. The number of rotatable bonds is 1.